The summed E-state index contributed by atoms with van der Waals surface area (Å²) in [5.74, 6) is 0.772. The van der Waals surface area contributed by atoms with Crippen molar-refractivity contribution in [3.8, 4) is 11.5 Å². The van der Waals surface area contributed by atoms with Crippen LogP contribution >= 0.6 is 8.58 Å². The number of hydrogen-bond acceptors (Lipinski definition) is 3. The Kier molecular flexibility index (Phi) is 6.01. The SMILES string of the molecule is CCC(C)(Pc1c(C)cccc1/C=N/C)c1cccc(OC)c1O. The Labute approximate surface area is 146 Å². The number of phenols is 1. The fourth-order valence-corrected chi connectivity index (χ4v) is 4.50. The maximum atomic E-state index is 10.6. The zero-order valence-corrected chi connectivity index (χ0v) is 16.1. The van der Waals surface area contributed by atoms with Gasteiger partial charge in [0.15, 0.2) is 11.5 Å². The summed E-state index contributed by atoms with van der Waals surface area (Å²) in [5, 5.41) is 11.8. The molecule has 0 amide bonds. The molecule has 0 saturated heterocycles. The summed E-state index contributed by atoms with van der Waals surface area (Å²) in [6, 6.07) is 12.0. The molecule has 2 aromatic rings. The maximum Gasteiger partial charge on any atom is 0.161 e. The van der Waals surface area contributed by atoms with E-state index >= 15 is 0 Å². The molecule has 0 aliphatic heterocycles. The van der Waals surface area contributed by atoms with Gasteiger partial charge < -0.3 is 9.84 Å². The number of nitrogens with zero attached hydrogens (tertiary/aromatic N) is 1. The van der Waals surface area contributed by atoms with Gasteiger partial charge in [-0.05, 0) is 35.8 Å². The van der Waals surface area contributed by atoms with E-state index in [0.29, 0.717) is 14.3 Å². The van der Waals surface area contributed by atoms with Crippen LogP contribution < -0.4 is 10.0 Å². The quantitative estimate of drug-likeness (QED) is 0.624. The topological polar surface area (TPSA) is 41.8 Å². The molecular formula is C20H26NO2P. The molecule has 0 spiro atoms. The van der Waals surface area contributed by atoms with Gasteiger partial charge in [0.25, 0.3) is 0 Å². The number of benzene rings is 2. The van der Waals surface area contributed by atoms with Gasteiger partial charge in [-0.15, -0.1) is 0 Å². The van der Waals surface area contributed by atoms with E-state index in [1.807, 2.05) is 18.3 Å². The predicted octanol–water partition coefficient (Wildman–Crippen LogP) is 4.39. The van der Waals surface area contributed by atoms with E-state index in [4.69, 9.17) is 4.74 Å². The van der Waals surface area contributed by atoms with Crippen LogP contribution in [0, 0.1) is 6.92 Å². The lowest BCUT2D eigenvalue weighted by molar-refractivity contribution is 0.367. The minimum Gasteiger partial charge on any atom is -0.504 e. The number of rotatable bonds is 6. The van der Waals surface area contributed by atoms with Crippen molar-refractivity contribution in [1.82, 2.24) is 0 Å². The van der Waals surface area contributed by atoms with E-state index in [1.54, 1.807) is 20.2 Å². The molecule has 0 saturated carbocycles. The molecule has 2 atom stereocenters. The zero-order chi connectivity index (χ0) is 17.7. The van der Waals surface area contributed by atoms with E-state index in [-0.39, 0.29) is 10.9 Å². The van der Waals surface area contributed by atoms with Crippen LogP contribution in [0.2, 0.25) is 0 Å². The van der Waals surface area contributed by atoms with Crippen LogP contribution in [0.4, 0.5) is 0 Å². The molecule has 128 valence electrons. The monoisotopic (exact) mass is 343 g/mol. The molecule has 3 nitrogen and oxygen atoms in total. The maximum absolute atomic E-state index is 10.6. The first-order chi connectivity index (χ1) is 11.5. The smallest absolute Gasteiger partial charge is 0.161 e. The third kappa shape index (κ3) is 3.62. The summed E-state index contributed by atoms with van der Waals surface area (Å²) in [6.45, 7) is 6.51. The fourth-order valence-electron chi connectivity index (χ4n) is 2.86. The Morgan fingerprint density at radius 1 is 1.25 bits per heavy atom. The highest BCUT2D eigenvalue weighted by atomic mass is 31.1. The van der Waals surface area contributed by atoms with E-state index in [1.165, 1.54) is 10.9 Å². The van der Waals surface area contributed by atoms with Crippen molar-refractivity contribution in [3.05, 3.63) is 53.1 Å². The lowest BCUT2D eigenvalue weighted by Crippen LogP contribution is -2.21. The van der Waals surface area contributed by atoms with Gasteiger partial charge in [0.05, 0.1) is 7.11 Å². The second kappa shape index (κ2) is 7.81. The molecule has 0 radical (unpaired) electrons. The van der Waals surface area contributed by atoms with Crippen LogP contribution in [0.3, 0.4) is 0 Å². The van der Waals surface area contributed by atoms with Crippen LogP contribution in [0.1, 0.15) is 37.0 Å². The lowest BCUT2D eigenvalue weighted by Gasteiger charge is -2.31. The number of phenolic OH excluding ortho intramolecular Hbond substituents is 1. The number of aromatic hydroxyl groups is 1. The van der Waals surface area contributed by atoms with Gasteiger partial charge in [0.2, 0.25) is 0 Å². The molecule has 0 fully saturated rings. The molecular weight excluding hydrogens is 317 g/mol. The van der Waals surface area contributed by atoms with Crippen molar-refractivity contribution in [2.45, 2.75) is 32.3 Å². The third-order valence-corrected chi connectivity index (χ3v) is 6.60. The van der Waals surface area contributed by atoms with Crippen LogP contribution in [0.5, 0.6) is 11.5 Å². The second-order valence-electron chi connectivity index (χ2n) is 6.09. The molecule has 2 unspecified atom stereocenters. The van der Waals surface area contributed by atoms with Gasteiger partial charge in [-0.25, -0.2) is 0 Å². The molecule has 0 heterocycles. The van der Waals surface area contributed by atoms with Crippen LogP contribution in [0.25, 0.3) is 0 Å². The summed E-state index contributed by atoms with van der Waals surface area (Å²) >= 11 is 0. The molecule has 0 bridgehead atoms. The minimum absolute atomic E-state index is 0.166. The van der Waals surface area contributed by atoms with E-state index in [2.05, 4.69) is 44.0 Å². The number of hydrogen-bond donors (Lipinski definition) is 1. The highest BCUT2D eigenvalue weighted by molar-refractivity contribution is 7.49. The van der Waals surface area contributed by atoms with E-state index < -0.39 is 0 Å². The summed E-state index contributed by atoms with van der Waals surface area (Å²) < 4.78 is 5.29. The van der Waals surface area contributed by atoms with Gasteiger partial charge in [0, 0.05) is 24.0 Å². The Bertz CT molecular complexity index is 742. The van der Waals surface area contributed by atoms with Gasteiger partial charge in [-0.3, -0.25) is 4.99 Å². The molecule has 0 aliphatic carbocycles. The van der Waals surface area contributed by atoms with E-state index in [9.17, 15) is 5.11 Å². The Morgan fingerprint density at radius 2 is 1.96 bits per heavy atom. The fraction of sp³-hybridized carbons (Fsp3) is 0.350. The Balaban J connectivity index is 2.54. The van der Waals surface area contributed by atoms with Gasteiger partial charge in [-0.1, -0.05) is 52.8 Å². The lowest BCUT2D eigenvalue weighted by atomic mass is 9.96. The van der Waals surface area contributed by atoms with Crippen molar-refractivity contribution >= 4 is 20.1 Å². The summed E-state index contributed by atoms with van der Waals surface area (Å²) in [6.07, 6.45) is 2.83. The largest absolute Gasteiger partial charge is 0.504 e. The molecule has 1 N–H and O–H groups in total. The third-order valence-electron chi connectivity index (χ3n) is 4.49. The Morgan fingerprint density at radius 3 is 2.58 bits per heavy atom. The van der Waals surface area contributed by atoms with Crippen LogP contribution in [-0.2, 0) is 5.16 Å². The van der Waals surface area contributed by atoms with Crippen molar-refractivity contribution in [2.75, 3.05) is 14.2 Å². The standard InChI is InChI=1S/C20H26NO2P/c1-6-20(3,16-11-8-12-17(23-5)18(16)22)24-19-14(2)9-7-10-15(19)13-21-4/h7-13,22,24H,6H2,1-5H3/b21-13+. The van der Waals surface area contributed by atoms with Gasteiger partial charge >= 0.3 is 0 Å². The Hall–Kier alpha value is -1.86. The normalized spacial score (nSPS) is 14.4. The highest BCUT2D eigenvalue weighted by Gasteiger charge is 2.30. The van der Waals surface area contributed by atoms with Gasteiger partial charge in [-0.2, -0.15) is 0 Å². The highest BCUT2D eigenvalue weighted by Crippen LogP contribution is 2.49. The minimum atomic E-state index is -0.166. The summed E-state index contributed by atoms with van der Waals surface area (Å²) in [7, 11) is 3.90. The molecule has 0 aliphatic rings. The van der Waals surface area contributed by atoms with Crippen LogP contribution in [0.15, 0.2) is 41.4 Å². The van der Waals surface area contributed by atoms with Gasteiger partial charge in [0.1, 0.15) is 0 Å². The summed E-state index contributed by atoms with van der Waals surface area (Å²) in [4.78, 5) is 4.19. The first-order valence-corrected chi connectivity index (χ1v) is 9.13. The number of para-hydroxylation sites is 1. The number of ether oxygens (including phenoxy) is 1. The number of aliphatic imine (C=N–C) groups is 1. The van der Waals surface area contributed by atoms with Crippen molar-refractivity contribution in [2.24, 2.45) is 4.99 Å². The second-order valence-corrected chi connectivity index (χ2v) is 7.95. The molecule has 24 heavy (non-hydrogen) atoms. The first-order valence-electron chi connectivity index (χ1n) is 8.13. The van der Waals surface area contributed by atoms with Crippen molar-refractivity contribution in [3.63, 3.8) is 0 Å². The van der Waals surface area contributed by atoms with E-state index in [0.717, 1.165) is 17.5 Å². The molecule has 0 aromatic heterocycles. The van der Waals surface area contributed by atoms with Crippen molar-refractivity contribution in [1.29, 1.82) is 0 Å². The number of aryl methyl sites for hydroxylation is 1. The molecule has 2 aromatic carbocycles. The first kappa shape index (κ1) is 18.5. The predicted molar refractivity (Wildman–Crippen MR) is 105 cm³/mol. The zero-order valence-electron chi connectivity index (χ0n) is 15.1. The van der Waals surface area contributed by atoms with Crippen molar-refractivity contribution < 1.29 is 9.84 Å². The summed E-state index contributed by atoms with van der Waals surface area (Å²) in [5.41, 5.74) is 3.34. The van der Waals surface area contributed by atoms with Crippen LogP contribution in [-0.4, -0.2) is 25.5 Å². The average Bonchev–Trinajstić information content (AvgIpc) is 2.58. The number of methoxy groups -OCH3 is 1. The average molecular weight is 343 g/mol. The molecule has 2 rings (SSSR count). The molecule has 4 heteroatoms.